The molecule has 0 spiro atoms. The lowest BCUT2D eigenvalue weighted by Crippen LogP contribution is -2.43. The Balaban J connectivity index is 4.30. The van der Waals surface area contributed by atoms with Crippen LogP contribution < -0.4 is 0 Å². The topological polar surface area (TPSA) is 125 Å². The van der Waals surface area contributed by atoms with E-state index in [1.54, 1.807) is 16.8 Å². The quantitative estimate of drug-likeness (QED) is 0.300. The minimum absolute atomic E-state index is 0.00535. The summed E-state index contributed by atoms with van der Waals surface area (Å²) in [5.74, 6) is -2.70. The summed E-state index contributed by atoms with van der Waals surface area (Å²) in [7, 11) is 3.59. The molecule has 0 atom stereocenters. The normalized spacial score (nSPS) is 11.7. The third kappa shape index (κ3) is 13.5. The van der Waals surface area contributed by atoms with E-state index < -0.39 is 17.9 Å². The molecule has 152 valence electrons. The second-order valence-corrected chi connectivity index (χ2v) is 6.37. The van der Waals surface area contributed by atoms with Crippen molar-refractivity contribution in [1.29, 1.82) is 0 Å². The Morgan fingerprint density at radius 1 is 0.615 bits per heavy atom. The van der Waals surface area contributed by atoms with E-state index >= 15 is 0 Å². The van der Waals surface area contributed by atoms with Crippen molar-refractivity contribution in [3.05, 3.63) is 0 Å². The summed E-state index contributed by atoms with van der Waals surface area (Å²) in [6.45, 7) is 5.79. The van der Waals surface area contributed by atoms with Crippen LogP contribution in [0, 0.1) is 0 Å². The predicted octanol–water partition coefficient (Wildman–Crippen LogP) is -1.27. The smallest absolute Gasteiger partial charge is 0.317 e. The van der Waals surface area contributed by atoms with E-state index in [-0.39, 0.29) is 19.6 Å². The molecule has 0 saturated heterocycles. The predicted molar refractivity (Wildman–Crippen MR) is 96.5 cm³/mol. The van der Waals surface area contributed by atoms with Gasteiger partial charge in [-0.15, -0.1) is 0 Å². The maximum Gasteiger partial charge on any atom is 0.317 e. The molecule has 0 aliphatic carbocycles. The average molecular weight is 376 g/mol. The van der Waals surface area contributed by atoms with E-state index in [0.29, 0.717) is 45.8 Å². The summed E-state index contributed by atoms with van der Waals surface area (Å²) >= 11 is 0. The maximum atomic E-state index is 11.0. The van der Waals surface area contributed by atoms with Gasteiger partial charge in [-0.05, 0) is 20.6 Å². The first-order valence-electron chi connectivity index (χ1n) is 8.61. The molecule has 0 saturated carbocycles. The van der Waals surface area contributed by atoms with Gasteiger partial charge in [0.05, 0.1) is 19.6 Å². The lowest BCUT2D eigenvalue weighted by molar-refractivity contribution is -0.140. The number of rotatable bonds is 16. The van der Waals surface area contributed by atoms with Crippen LogP contribution in [0.4, 0.5) is 0 Å². The van der Waals surface area contributed by atoms with Gasteiger partial charge in [-0.3, -0.25) is 29.1 Å². The first-order valence-corrected chi connectivity index (χ1v) is 8.61. The van der Waals surface area contributed by atoms with Crippen molar-refractivity contribution in [2.45, 2.75) is 6.92 Å². The summed E-state index contributed by atoms with van der Waals surface area (Å²) in [5, 5.41) is 26.6. The third-order valence-corrected chi connectivity index (χ3v) is 3.96. The summed E-state index contributed by atoms with van der Waals surface area (Å²) in [4.78, 5) is 39.7. The second-order valence-electron chi connectivity index (χ2n) is 6.37. The molecule has 0 rings (SSSR count). The molecule has 0 heterocycles. The zero-order chi connectivity index (χ0) is 20.1. The fourth-order valence-corrected chi connectivity index (χ4v) is 2.36. The molecule has 0 unspecified atom stereocenters. The number of nitrogens with zero attached hydrogens (tertiary/aromatic N) is 4. The molecule has 0 radical (unpaired) electrons. The molecule has 0 aliphatic rings. The molecule has 3 N–H and O–H groups in total. The fourth-order valence-electron chi connectivity index (χ4n) is 2.36. The zero-order valence-electron chi connectivity index (χ0n) is 15.9. The number of carbonyl (C=O) groups is 3. The molecule has 0 aromatic rings. The van der Waals surface area contributed by atoms with Crippen molar-refractivity contribution < 1.29 is 29.7 Å². The minimum atomic E-state index is -0.924. The van der Waals surface area contributed by atoms with Crippen LogP contribution in [0.15, 0.2) is 0 Å². The standard InChI is InChI=1S/C16H32N4O6/c1-4-19(12-15(23)24)8-5-17(2)6-9-20(13-16(25)26)10-7-18(3)11-14(21)22/h4-13H2,1-3H3,(H,21,22)(H,23,24)(H,25,26). The van der Waals surface area contributed by atoms with Gasteiger partial charge in [0.15, 0.2) is 0 Å². The number of likely N-dealkylation sites (N-methyl/N-ethyl adjacent to an activating group) is 3. The highest BCUT2D eigenvalue weighted by Gasteiger charge is 2.14. The fraction of sp³-hybridized carbons (Fsp3) is 0.812. The van der Waals surface area contributed by atoms with E-state index in [0.717, 1.165) is 0 Å². The molecule has 0 amide bonds. The molecule has 0 aliphatic heterocycles. The van der Waals surface area contributed by atoms with Crippen LogP contribution in [0.2, 0.25) is 0 Å². The molecular formula is C16H32N4O6. The van der Waals surface area contributed by atoms with Crippen molar-refractivity contribution in [1.82, 2.24) is 19.6 Å². The highest BCUT2D eigenvalue weighted by molar-refractivity contribution is 5.69. The van der Waals surface area contributed by atoms with Crippen LogP contribution in [0.25, 0.3) is 0 Å². The summed E-state index contributed by atoms with van der Waals surface area (Å²) in [6.07, 6.45) is 0. The van der Waals surface area contributed by atoms with Crippen molar-refractivity contribution in [2.24, 2.45) is 0 Å². The molecule has 0 fully saturated rings. The van der Waals surface area contributed by atoms with E-state index in [4.69, 9.17) is 15.3 Å². The number of hydrogen-bond donors (Lipinski definition) is 3. The number of carboxylic acids is 3. The van der Waals surface area contributed by atoms with Gasteiger partial charge in [0.25, 0.3) is 0 Å². The van der Waals surface area contributed by atoms with Crippen molar-refractivity contribution in [3.63, 3.8) is 0 Å². The van der Waals surface area contributed by atoms with Gasteiger partial charge in [-0.1, -0.05) is 6.92 Å². The summed E-state index contributed by atoms with van der Waals surface area (Å²) in [5.41, 5.74) is 0. The molecule has 0 bridgehead atoms. The van der Waals surface area contributed by atoms with E-state index in [1.165, 1.54) is 0 Å². The Hall–Kier alpha value is -1.75. The largest absolute Gasteiger partial charge is 0.480 e. The third-order valence-electron chi connectivity index (χ3n) is 3.96. The van der Waals surface area contributed by atoms with Crippen LogP contribution in [0.5, 0.6) is 0 Å². The zero-order valence-corrected chi connectivity index (χ0v) is 15.9. The molecule has 26 heavy (non-hydrogen) atoms. The monoisotopic (exact) mass is 376 g/mol. The minimum Gasteiger partial charge on any atom is -0.480 e. The number of aliphatic carboxylic acids is 3. The Bertz CT molecular complexity index is 448. The molecule has 10 heteroatoms. The van der Waals surface area contributed by atoms with Gasteiger partial charge in [0.1, 0.15) is 0 Å². The lowest BCUT2D eigenvalue weighted by atomic mass is 10.3. The van der Waals surface area contributed by atoms with Crippen molar-refractivity contribution >= 4 is 17.9 Å². The van der Waals surface area contributed by atoms with Crippen molar-refractivity contribution in [3.8, 4) is 0 Å². The average Bonchev–Trinajstić information content (AvgIpc) is 2.52. The number of hydrogen-bond acceptors (Lipinski definition) is 7. The van der Waals surface area contributed by atoms with Crippen LogP contribution in [0.1, 0.15) is 6.92 Å². The van der Waals surface area contributed by atoms with Crippen LogP contribution in [-0.2, 0) is 14.4 Å². The Labute approximate surface area is 154 Å². The van der Waals surface area contributed by atoms with Gasteiger partial charge >= 0.3 is 17.9 Å². The van der Waals surface area contributed by atoms with Gasteiger partial charge in [0.2, 0.25) is 0 Å². The van der Waals surface area contributed by atoms with Crippen LogP contribution >= 0.6 is 0 Å². The molecule has 0 aromatic heterocycles. The highest BCUT2D eigenvalue weighted by atomic mass is 16.4. The van der Waals surface area contributed by atoms with Crippen LogP contribution in [0.3, 0.4) is 0 Å². The van der Waals surface area contributed by atoms with E-state index in [2.05, 4.69) is 0 Å². The Morgan fingerprint density at radius 2 is 1.00 bits per heavy atom. The second kappa shape index (κ2) is 13.5. The molecule has 10 nitrogen and oxygen atoms in total. The summed E-state index contributed by atoms with van der Waals surface area (Å²) in [6, 6.07) is 0. The highest BCUT2D eigenvalue weighted by Crippen LogP contribution is 1.95. The Morgan fingerprint density at radius 3 is 1.42 bits per heavy atom. The van der Waals surface area contributed by atoms with E-state index in [1.807, 2.05) is 23.8 Å². The molecule has 0 aromatic carbocycles. The van der Waals surface area contributed by atoms with Gasteiger partial charge in [-0.25, -0.2) is 0 Å². The van der Waals surface area contributed by atoms with Gasteiger partial charge in [0, 0.05) is 39.3 Å². The van der Waals surface area contributed by atoms with E-state index in [9.17, 15) is 14.4 Å². The summed E-state index contributed by atoms with van der Waals surface area (Å²) < 4.78 is 0. The van der Waals surface area contributed by atoms with Gasteiger partial charge < -0.3 is 20.2 Å². The first-order chi connectivity index (χ1) is 12.1. The SMILES string of the molecule is CCN(CCN(C)CCN(CCN(C)CC(=O)O)CC(=O)O)CC(=O)O. The maximum absolute atomic E-state index is 11.0. The van der Waals surface area contributed by atoms with Crippen molar-refractivity contribution in [2.75, 3.05) is 79.5 Å². The van der Waals surface area contributed by atoms with Gasteiger partial charge in [-0.2, -0.15) is 0 Å². The lowest BCUT2D eigenvalue weighted by Gasteiger charge is -2.27. The first kappa shape index (κ1) is 24.2. The Kier molecular flexibility index (Phi) is 12.5. The van der Waals surface area contributed by atoms with Crippen LogP contribution in [-0.4, -0.2) is 132 Å². The number of carboxylic acid groups (broad SMARTS) is 3. The molecular weight excluding hydrogens is 344 g/mol.